The SMILES string of the molecule is Nc1ccc(C(O)CNc2ccc3nnnn3n2)cc1. The Hall–Kier alpha value is -2.74. The number of aromatic nitrogens is 5. The quantitative estimate of drug-likeness (QED) is 0.582. The van der Waals surface area contributed by atoms with Gasteiger partial charge in [-0.2, -0.15) is 0 Å². The van der Waals surface area contributed by atoms with Gasteiger partial charge in [0.25, 0.3) is 0 Å². The highest BCUT2D eigenvalue weighted by atomic mass is 16.3. The predicted octanol–water partition coefficient (Wildman–Crippen LogP) is 0.247. The van der Waals surface area contributed by atoms with Crippen LogP contribution in [0.25, 0.3) is 5.65 Å². The number of fused-ring (bicyclic) bond motifs is 1. The van der Waals surface area contributed by atoms with Crippen molar-refractivity contribution in [2.24, 2.45) is 0 Å². The highest BCUT2D eigenvalue weighted by Crippen LogP contribution is 2.15. The number of nitrogens with two attached hydrogens (primary N) is 1. The highest BCUT2D eigenvalue weighted by molar-refractivity contribution is 5.43. The van der Waals surface area contributed by atoms with E-state index in [0.29, 0.717) is 23.7 Å². The first-order valence-electron chi connectivity index (χ1n) is 6.05. The number of tetrazole rings is 1. The molecule has 0 fully saturated rings. The second kappa shape index (κ2) is 5.10. The Balaban J connectivity index is 1.67. The average Bonchev–Trinajstić information content (AvgIpc) is 2.93. The Bertz CT molecular complexity index is 709. The first-order chi connectivity index (χ1) is 9.72. The molecule has 0 aliphatic heterocycles. The monoisotopic (exact) mass is 271 g/mol. The van der Waals surface area contributed by atoms with Gasteiger partial charge in [0, 0.05) is 12.2 Å². The first kappa shape index (κ1) is 12.3. The topological polar surface area (TPSA) is 114 Å². The molecule has 0 bridgehead atoms. The molecule has 0 radical (unpaired) electrons. The van der Waals surface area contributed by atoms with Gasteiger partial charge >= 0.3 is 0 Å². The normalized spacial score (nSPS) is 12.4. The number of aliphatic hydroxyl groups excluding tert-OH is 1. The van der Waals surface area contributed by atoms with Gasteiger partial charge in [-0.25, -0.2) is 0 Å². The molecular weight excluding hydrogens is 258 g/mol. The summed E-state index contributed by atoms with van der Waals surface area (Å²) in [7, 11) is 0. The van der Waals surface area contributed by atoms with Crippen LogP contribution in [0.2, 0.25) is 0 Å². The number of rotatable bonds is 4. The number of nitrogens with one attached hydrogen (secondary N) is 1. The lowest BCUT2D eigenvalue weighted by atomic mass is 10.1. The molecule has 8 heteroatoms. The molecule has 0 saturated carbocycles. The van der Waals surface area contributed by atoms with Gasteiger partial charge in [0.2, 0.25) is 0 Å². The van der Waals surface area contributed by atoms with Crippen LogP contribution in [0, 0.1) is 0 Å². The molecule has 1 atom stereocenters. The Morgan fingerprint density at radius 2 is 2.00 bits per heavy atom. The Morgan fingerprint density at radius 1 is 1.20 bits per heavy atom. The second-order valence-electron chi connectivity index (χ2n) is 4.31. The molecule has 1 unspecified atom stereocenters. The van der Waals surface area contributed by atoms with Gasteiger partial charge in [-0.15, -0.1) is 14.8 Å². The van der Waals surface area contributed by atoms with E-state index in [4.69, 9.17) is 5.73 Å². The largest absolute Gasteiger partial charge is 0.399 e. The summed E-state index contributed by atoms with van der Waals surface area (Å²) in [5.74, 6) is 0.583. The summed E-state index contributed by atoms with van der Waals surface area (Å²) < 4.78 is 1.32. The van der Waals surface area contributed by atoms with E-state index in [-0.39, 0.29) is 0 Å². The van der Waals surface area contributed by atoms with Crippen LogP contribution >= 0.6 is 0 Å². The van der Waals surface area contributed by atoms with Crippen LogP contribution in [-0.2, 0) is 0 Å². The van der Waals surface area contributed by atoms with Crippen LogP contribution in [0.3, 0.4) is 0 Å². The van der Waals surface area contributed by atoms with Crippen molar-refractivity contribution >= 4 is 17.2 Å². The average molecular weight is 271 g/mol. The van der Waals surface area contributed by atoms with Crippen LogP contribution in [0.15, 0.2) is 36.4 Å². The van der Waals surface area contributed by atoms with Crippen molar-refractivity contribution in [3.05, 3.63) is 42.0 Å². The van der Waals surface area contributed by atoms with E-state index < -0.39 is 6.10 Å². The number of hydrogen-bond acceptors (Lipinski definition) is 7. The van der Waals surface area contributed by atoms with E-state index in [0.717, 1.165) is 5.56 Å². The maximum atomic E-state index is 10.1. The molecule has 4 N–H and O–H groups in total. The number of aliphatic hydroxyl groups is 1. The van der Waals surface area contributed by atoms with Gasteiger partial charge in [-0.3, -0.25) is 0 Å². The smallest absolute Gasteiger partial charge is 0.200 e. The molecule has 1 aromatic carbocycles. The zero-order valence-corrected chi connectivity index (χ0v) is 10.5. The Labute approximate surface area is 114 Å². The summed E-state index contributed by atoms with van der Waals surface area (Å²) in [5.41, 5.74) is 7.62. The molecule has 0 spiro atoms. The molecule has 20 heavy (non-hydrogen) atoms. The van der Waals surface area contributed by atoms with Gasteiger partial charge in [0.05, 0.1) is 6.10 Å². The van der Waals surface area contributed by atoms with Gasteiger partial charge < -0.3 is 16.2 Å². The van der Waals surface area contributed by atoms with Gasteiger partial charge in [-0.05, 0) is 40.3 Å². The Morgan fingerprint density at radius 3 is 2.80 bits per heavy atom. The molecule has 0 amide bonds. The third-order valence-electron chi connectivity index (χ3n) is 2.87. The van der Waals surface area contributed by atoms with E-state index in [2.05, 4.69) is 25.9 Å². The van der Waals surface area contributed by atoms with Crippen LogP contribution < -0.4 is 11.1 Å². The van der Waals surface area contributed by atoms with Crippen molar-refractivity contribution in [1.82, 2.24) is 25.3 Å². The van der Waals surface area contributed by atoms with Gasteiger partial charge in [-0.1, -0.05) is 12.1 Å². The molecule has 3 rings (SSSR count). The minimum atomic E-state index is -0.651. The van der Waals surface area contributed by atoms with Crippen LogP contribution in [0.5, 0.6) is 0 Å². The summed E-state index contributed by atoms with van der Waals surface area (Å²) in [6.07, 6.45) is -0.651. The molecule has 0 aliphatic rings. The van der Waals surface area contributed by atoms with Crippen LogP contribution in [0.4, 0.5) is 11.5 Å². The maximum Gasteiger partial charge on any atom is 0.200 e. The molecule has 0 saturated heterocycles. The lowest BCUT2D eigenvalue weighted by molar-refractivity contribution is 0.191. The van der Waals surface area contributed by atoms with E-state index in [9.17, 15) is 5.11 Å². The number of hydrogen-bond donors (Lipinski definition) is 3. The highest BCUT2D eigenvalue weighted by Gasteiger charge is 2.08. The number of benzene rings is 1. The lowest BCUT2D eigenvalue weighted by Crippen LogP contribution is -2.14. The molecule has 2 aromatic heterocycles. The molecule has 2 heterocycles. The molecule has 102 valence electrons. The van der Waals surface area contributed by atoms with Crippen molar-refractivity contribution in [3.8, 4) is 0 Å². The Kier molecular flexibility index (Phi) is 3.13. The zero-order chi connectivity index (χ0) is 13.9. The first-order valence-corrected chi connectivity index (χ1v) is 6.05. The van der Waals surface area contributed by atoms with Gasteiger partial charge in [0.1, 0.15) is 5.82 Å². The number of nitrogen functional groups attached to an aromatic ring is 1. The van der Waals surface area contributed by atoms with Gasteiger partial charge in [0.15, 0.2) is 5.65 Å². The molecule has 0 aliphatic carbocycles. The molecule has 3 aromatic rings. The maximum absolute atomic E-state index is 10.1. The van der Waals surface area contributed by atoms with E-state index in [1.54, 1.807) is 36.4 Å². The minimum absolute atomic E-state index is 0.324. The molecular formula is C12H13N7O. The second-order valence-corrected chi connectivity index (χ2v) is 4.31. The van der Waals surface area contributed by atoms with Crippen molar-refractivity contribution in [2.75, 3.05) is 17.6 Å². The number of anilines is 2. The summed E-state index contributed by atoms with van der Waals surface area (Å²) in [5, 5.41) is 28.2. The summed E-state index contributed by atoms with van der Waals surface area (Å²) in [6, 6.07) is 10.6. The fraction of sp³-hybridized carbons (Fsp3) is 0.167. The third-order valence-corrected chi connectivity index (χ3v) is 2.87. The zero-order valence-electron chi connectivity index (χ0n) is 10.5. The van der Waals surface area contributed by atoms with Crippen molar-refractivity contribution < 1.29 is 5.11 Å². The van der Waals surface area contributed by atoms with E-state index >= 15 is 0 Å². The number of nitrogens with zero attached hydrogens (tertiary/aromatic N) is 5. The van der Waals surface area contributed by atoms with Crippen molar-refractivity contribution in [3.63, 3.8) is 0 Å². The molecule has 8 nitrogen and oxygen atoms in total. The summed E-state index contributed by atoms with van der Waals surface area (Å²) in [6.45, 7) is 0.324. The lowest BCUT2D eigenvalue weighted by Gasteiger charge is -2.12. The van der Waals surface area contributed by atoms with Crippen LogP contribution in [0.1, 0.15) is 11.7 Å². The summed E-state index contributed by atoms with van der Waals surface area (Å²) >= 11 is 0. The predicted molar refractivity (Wildman–Crippen MR) is 72.9 cm³/mol. The third kappa shape index (κ3) is 2.50. The minimum Gasteiger partial charge on any atom is -0.399 e. The van der Waals surface area contributed by atoms with Crippen molar-refractivity contribution in [2.45, 2.75) is 6.10 Å². The van der Waals surface area contributed by atoms with Crippen molar-refractivity contribution in [1.29, 1.82) is 0 Å². The summed E-state index contributed by atoms with van der Waals surface area (Å²) in [4.78, 5) is 0. The fourth-order valence-electron chi connectivity index (χ4n) is 1.78. The standard InChI is InChI=1S/C12H13N7O/c13-9-3-1-8(2-4-9)10(20)7-14-11-5-6-12-15-17-18-19(12)16-11/h1-6,10,20H,7,13H2,(H,14,16). The van der Waals surface area contributed by atoms with E-state index in [1.807, 2.05) is 0 Å². The van der Waals surface area contributed by atoms with E-state index in [1.165, 1.54) is 4.63 Å². The fourth-order valence-corrected chi connectivity index (χ4v) is 1.78. The van der Waals surface area contributed by atoms with Crippen LogP contribution in [-0.4, -0.2) is 36.9 Å².